The van der Waals surface area contributed by atoms with Gasteiger partial charge in [0, 0.05) is 0 Å². The lowest BCUT2D eigenvalue weighted by atomic mass is 10.4. The fourth-order valence-electron chi connectivity index (χ4n) is 1.83. The third-order valence-electron chi connectivity index (χ3n) is 3.10. The van der Waals surface area contributed by atoms with Crippen LogP contribution in [0.25, 0.3) is 0 Å². The zero-order chi connectivity index (χ0) is 15.7. The molecule has 2 aromatic carbocycles. The quantitative estimate of drug-likeness (QED) is 0.621. The van der Waals surface area contributed by atoms with E-state index in [4.69, 9.17) is 2.51 Å². The van der Waals surface area contributed by atoms with E-state index in [1.807, 2.05) is 0 Å². The summed E-state index contributed by atoms with van der Waals surface area (Å²) >= 11 is -3.22. The third-order valence-corrected chi connectivity index (χ3v) is 11.1. The van der Waals surface area contributed by atoms with Crippen LogP contribution in [-0.2, 0) is 12.6 Å². The van der Waals surface area contributed by atoms with Crippen LogP contribution in [0.4, 0.5) is 8.78 Å². The molecule has 1 aliphatic carbocycles. The van der Waals surface area contributed by atoms with E-state index in [1.165, 1.54) is 36.4 Å². The van der Waals surface area contributed by atoms with Crippen LogP contribution in [0.2, 0.25) is 0 Å². The molecule has 0 bridgehead atoms. The minimum atomic E-state index is -3.78. The highest BCUT2D eigenvalue weighted by Crippen LogP contribution is 2.28. The SMILES string of the molecule is O=S(=O)(O[I+](c1ccccc1F)c1ccccc1F)C1CC1. The van der Waals surface area contributed by atoms with E-state index in [-0.39, 0.29) is 7.14 Å². The molecule has 1 saturated carbocycles. The van der Waals surface area contributed by atoms with E-state index >= 15 is 0 Å². The van der Waals surface area contributed by atoms with Gasteiger partial charge in [0.15, 0.2) is 11.6 Å². The van der Waals surface area contributed by atoms with Gasteiger partial charge in [-0.05, 0) is 39.6 Å². The molecule has 0 amide bonds. The molecule has 3 rings (SSSR count). The molecule has 0 spiro atoms. The lowest BCUT2D eigenvalue weighted by molar-refractivity contribution is -1.03. The Labute approximate surface area is 135 Å². The van der Waals surface area contributed by atoms with E-state index in [1.54, 1.807) is 12.1 Å². The van der Waals surface area contributed by atoms with Gasteiger partial charge in [-0.25, -0.2) is 8.78 Å². The molecule has 0 N–H and O–H groups in total. The van der Waals surface area contributed by atoms with Crippen molar-refractivity contribution in [1.82, 2.24) is 0 Å². The molecule has 0 unspecified atom stereocenters. The van der Waals surface area contributed by atoms with Crippen LogP contribution in [-0.4, -0.2) is 13.7 Å². The smallest absolute Gasteiger partial charge is 0.202 e. The summed E-state index contributed by atoms with van der Waals surface area (Å²) in [5.74, 6) is -1.14. The van der Waals surface area contributed by atoms with Gasteiger partial charge in [-0.2, -0.15) is 8.42 Å². The first-order valence-corrected chi connectivity index (χ1v) is 11.1. The number of benzene rings is 2. The molecule has 7 heteroatoms. The second-order valence-corrected chi connectivity index (χ2v) is 11.4. The standard InChI is InChI=1S/C15H13F2IO3S/c16-12-5-1-3-7-14(12)18(15-8-4-2-6-13(15)17)21-22(19,20)11-9-10-11/h1-8,11H,9-10H2/q+1. The molecule has 0 heterocycles. The average Bonchev–Trinajstić information content (AvgIpc) is 3.31. The summed E-state index contributed by atoms with van der Waals surface area (Å²) < 4.78 is 58.1. The Bertz CT molecular complexity index is 745. The molecule has 0 atom stereocenters. The molecule has 22 heavy (non-hydrogen) atoms. The van der Waals surface area contributed by atoms with E-state index in [0.29, 0.717) is 12.8 Å². The minimum Gasteiger partial charge on any atom is -0.202 e. The largest absolute Gasteiger partial charge is 0.330 e. The Kier molecular flexibility index (Phi) is 4.47. The Balaban J connectivity index is 2.07. The van der Waals surface area contributed by atoms with Crippen molar-refractivity contribution in [3.05, 3.63) is 67.3 Å². The molecule has 0 saturated heterocycles. The molecule has 1 fully saturated rings. The summed E-state index contributed by atoms with van der Waals surface area (Å²) in [6.45, 7) is 0. The lowest BCUT2D eigenvalue weighted by Crippen LogP contribution is -3.86. The summed E-state index contributed by atoms with van der Waals surface area (Å²) in [4.78, 5) is 0. The Morgan fingerprint density at radius 1 is 0.909 bits per heavy atom. The van der Waals surface area contributed by atoms with Crippen molar-refractivity contribution in [3.63, 3.8) is 0 Å². The van der Waals surface area contributed by atoms with Crippen LogP contribution in [0.15, 0.2) is 48.5 Å². The summed E-state index contributed by atoms with van der Waals surface area (Å²) in [5, 5.41) is -0.536. The summed E-state index contributed by atoms with van der Waals surface area (Å²) in [6, 6.07) is 11.6. The average molecular weight is 438 g/mol. The van der Waals surface area contributed by atoms with Crippen LogP contribution >= 0.6 is 0 Å². The number of hydrogen-bond donors (Lipinski definition) is 0. The topological polar surface area (TPSA) is 43.4 Å². The van der Waals surface area contributed by atoms with Crippen LogP contribution in [0.5, 0.6) is 0 Å². The first-order chi connectivity index (χ1) is 10.5. The highest BCUT2D eigenvalue weighted by atomic mass is 127. The van der Waals surface area contributed by atoms with Crippen molar-refractivity contribution in [2.45, 2.75) is 18.1 Å². The van der Waals surface area contributed by atoms with Gasteiger partial charge in [-0.15, -0.1) is 0 Å². The highest BCUT2D eigenvalue weighted by Gasteiger charge is 2.47. The Morgan fingerprint density at radius 2 is 1.36 bits per heavy atom. The van der Waals surface area contributed by atoms with E-state index in [2.05, 4.69) is 0 Å². The predicted octanol–water partition coefficient (Wildman–Crippen LogP) is 0.0527. The number of hydrogen-bond acceptors (Lipinski definition) is 3. The van der Waals surface area contributed by atoms with E-state index in [0.717, 1.165) is 0 Å². The second-order valence-electron chi connectivity index (χ2n) is 4.83. The maximum atomic E-state index is 14.1. The third kappa shape index (κ3) is 3.31. The molecule has 3 nitrogen and oxygen atoms in total. The molecule has 117 valence electrons. The van der Waals surface area contributed by atoms with Crippen LogP contribution in [0.3, 0.4) is 0 Å². The summed E-state index contributed by atoms with van der Waals surface area (Å²) in [5.41, 5.74) is 0. The monoisotopic (exact) mass is 438 g/mol. The van der Waals surface area contributed by atoms with Crippen LogP contribution < -0.4 is 20.2 Å². The van der Waals surface area contributed by atoms with E-state index < -0.39 is 47.2 Å². The van der Waals surface area contributed by atoms with Crippen molar-refractivity contribution in [2.24, 2.45) is 0 Å². The van der Waals surface area contributed by atoms with Gasteiger partial charge in [0.25, 0.3) is 0 Å². The first kappa shape index (κ1) is 15.8. The maximum Gasteiger partial charge on any atom is 0.330 e. The van der Waals surface area contributed by atoms with Gasteiger partial charge in [-0.1, -0.05) is 24.3 Å². The van der Waals surface area contributed by atoms with Crippen LogP contribution in [0.1, 0.15) is 12.8 Å². The maximum absolute atomic E-state index is 14.1. The summed E-state index contributed by atoms with van der Waals surface area (Å²) in [7, 11) is -3.78. The number of rotatable bonds is 5. The van der Waals surface area contributed by atoms with Gasteiger partial charge >= 0.3 is 30.4 Å². The normalized spacial score (nSPS) is 15.2. The van der Waals surface area contributed by atoms with E-state index in [9.17, 15) is 17.2 Å². The van der Waals surface area contributed by atoms with Crippen molar-refractivity contribution in [3.8, 4) is 0 Å². The molecule has 1 radical (unpaired) electrons. The fourth-order valence-corrected chi connectivity index (χ4v) is 9.49. The zero-order valence-electron chi connectivity index (χ0n) is 11.4. The zero-order valence-corrected chi connectivity index (χ0v) is 14.4. The fraction of sp³-hybridized carbons (Fsp3) is 0.200. The summed E-state index contributed by atoms with van der Waals surface area (Å²) in [6.07, 6.45) is 1.09. The Morgan fingerprint density at radius 3 is 1.77 bits per heavy atom. The Hall–Kier alpha value is -1.06. The van der Waals surface area contributed by atoms with Crippen molar-refractivity contribution in [2.75, 3.05) is 0 Å². The molecular weight excluding hydrogens is 425 g/mol. The van der Waals surface area contributed by atoms with Gasteiger partial charge < -0.3 is 0 Å². The van der Waals surface area contributed by atoms with Gasteiger partial charge in [-0.3, -0.25) is 0 Å². The lowest BCUT2D eigenvalue weighted by Gasteiger charge is -2.06. The second kappa shape index (κ2) is 6.21. The van der Waals surface area contributed by atoms with Gasteiger partial charge in [0.2, 0.25) is 7.14 Å². The van der Waals surface area contributed by atoms with Crippen molar-refractivity contribution >= 4 is 10.1 Å². The van der Waals surface area contributed by atoms with Gasteiger partial charge in [0.1, 0.15) is 0 Å². The highest BCUT2D eigenvalue weighted by molar-refractivity contribution is 7.87. The van der Waals surface area contributed by atoms with Crippen LogP contribution in [0, 0.1) is 18.8 Å². The molecular formula is C15H13F2IO3S+. The molecule has 0 aliphatic heterocycles. The van der Waals surface area contributed by atoms with Crippen molar-refractivity contribution in [1.29, 1.82) is 0 Å². The molecule has 0 aromatic heterocycles. The molecule has 1 aliphatic rings. The number of halogens is 3. The van der Waals surface area contributed by atoms with Gasteiger partial charge in [0.05, 0.1) is 5.25 Å². The molecule has 2 aromatic rings. The van der Waals surface area contributed by atoms with Crippen molar-refractivity contribution < 1.29 is 39.9 Å². The minimum absolute atomic E-state index is 0.154. The predicted molar refractivity (Wildman–Crippen MR) is 73.2 cm³/mol. The first-order valence-electron chi connectivity index (χ1n) is 6.62.